The van der Waals surface area contributed by atoms with Gasteiger partial charge in [0, 0.05) is 6.20 Å². The summed E-state index contributed by atoms with van der Waals surface area (Å²) in [4.78, 5) is 13.0. The molecule has 0 bridgehead atoms. The molecule has 0 aliphatic rings. The second kappa shape index (κ2) is 7.58. The number of ether oxygens (including phenoxy) is 1. The van der Waals surface area contributed by atoms with Gasteiger partial charge in [0.05, 0.1) is 17.3 Å². The van der Waals surface area contributed by atoms with E-state index in [9.17, 15) is 4.79 Å². The van der Waals surface area contributed by atoms with Crippen LogP contribution in [-0.2, 0) is 9.53 Å². The van der Waals surface area contributed by atoms with Gasteiger partial charge in [0.2, 0.25) is 0 Å². The highest BCUT2D eigenvalue weighted by atomic mass is 79.9. The number of halogens is 2. The summed E-state index contributed by atoms with van der Waals surface area (Å²) in [5, 5.41) is 0.552. The van der Waals surface area contributed by atoms with E-state index in [-0.39, 0.29) is 0 Å². The Morgan fingerprint density at radius 1 is 1.79 bits per heavy atom. The SMILES string of the molecule is CCOC=O.Nc1cc(Cl)cnc1Br. The summed E-state index contributed by atoms with van der Waals surface area (Å²) < 4.78 is 4.78. The molecule has 0 radical (unpaired) electrons. The molecule has 0 saturated carbocycles. The van der Waals surface area contributed by atoms with Crippen LogP contribution in [0.3, 0.4) is 0 Å². The summed E-state index contributed by atoms with van der Waals surface area (Å²) in [6.07, 6.45) is 1.53. The average Bonchev–Trinajstić information content (AvgIpc) is 2.14. The summed E-state index contributed by atoms with van der Waals surface area (Å²) in [6, 6.07) is 1.64. The summed E-state index contributed by atoms with van der Waals surface area (Å²) >= 11 is 8.69. The van der Waals surface area contributed by atoms with E-state index in [0.29, 0.717) is 28.4 Å². The molecule has 6 heteroatoms. The summed E-state index contributed by atoms with van der Waals surface area (Å²) in [6.45, 7) is 2.66. The third-order valence-corrected chi connectivity index (χ3v) is 1.94. The van der Waals surface area contributed by atoms with Crippen molar-refractivity contribution >= 4 is 39.7 Å². The molecule has 0 aliphatic carbocycles. The standard InChI is InChI=1S/C5H4BrClN2.C3H6O2/c6-5-4(8)1-3(7)2-9-5;1-2-5-3-4/h1-2H,8H2;3H,2H2,1H3. The van der Waals surface area contributed by atoms with Crippen LogP contribution in [-0.4, -0.2) is 18.1 Å². The van der Waals surface area contributed by atoms with Gasteiger partial charge in [0.1, 0.15) is 4.60 Å². The van der Waals surface area contributed by atoms with E-state index in [0.717, 1.165) is 0 Å². The highest BCUT2D eigenvalue weighted by Crippen LogP contribution is 2.19. The number of nitrogen functional groups attached to an aromatic ring is 1. The summed E-state index contributed by atoms with van der Waals surface area (Å²) in [7, 11) is 0. The third kappa shape index (κ3) is 5.77. The van der Waals surface area contributed by atoms with Gasteiger partial charge in [-0.25, -0.2) is 4.98 Å². The Bertz CT molecular complexity index is 297. The lowest BCUT2D eigenvalue weighted by Crippen LogP contribution is -1.87. The maximum atomic E-state index is 9.18. The van der Waals surface area contributed by atoms with Crippen LogP contribution in [0.1, 0.15) is 6.92 Å². The van der Waals surface area contributed by atoms with Crippen LogP contribution >= 0.6 is 27.5 Å². The average molecular weight is 282 g/mol. The molecule has 78 valence electrons. The molecular weight excluding hydrogens is 271 g/mol. The summed E-state index contributed by atoms with van der Waals surface area (Å²) in [5.41, 5.74) is 5.98. The lowest BCUT2D eigenvalue weighted by Gasteiger charge is -1.94. The smallest absolute Gasteiger partial charge is 0.293 e. The molecule has 14 heavy (non-hydrogen) atoms. The number of nitrogens with two attached hydrogens (primary N) is 1. The molecule has 1 aromatic rings. The molecule has 2 N–H and O–H groups in total. The fraction of sp³-hybridized carbons (Fsp3) is 0.250. The second-order valence-electron chi connectivity index (χ2n) is 2.09. The van der Waals surface area contributed by atoms with Crippen molar-refractivity contribution in [1.29, 1.82) is 0 Å². The van der Waals surface area contributed by atoms with Gasteiger partial charge in [-0.2, -0.15) is 0 Å². The number of carbonyl (C=O) groups excluding carboxylic acids is 1. The van der Waals surface area contributed by atoms with Crippen molar-refractivity contribution in [2.45, 2.75) is 6.92 Å². The highest BCUT2D eigenvalue weighted by Gasteiger charge is 1.94. The zero-order valence-electron chi connectivity index (χ0n) is 7.54. The van der Waals surface area contributed by atoms with Crippen molar-refractivity contribution in [3.63, 3.8) is 0 Å². The van der Waals surface area contributed by atoms with Crippen LogP contribution in [0.4, 0.5) is 5.69 Å². The number of carbonyl (C=O) groups is 1. The molecule has 0 unspecified atom stereocenters. The summed E-state index contributed by atoms with van der Waals surface area (Å²) in [5.74, 6) is 0. The number of nitrogens with zero attached hydrogens (tertiary/aromatic N) is 1. The Kier molecular flexibility index (Phi) is 7.14. The van der Waals surface area contributed by atoms with E-state index in [1.165, 1.54) is 6.20 Å². The maximum absolute atomic E-state index is 9.18. The van der Waals surface area contributed by atoms with Gasteiger partial charge in [-0.1, -0.05) is 11.6 Å². The zero-order valence-corrected chi connectivity index (χ0v) is 9.88. The lowest BCUT2D eigenvalue weighted by atomic mass is 10.4. The Morgan fingerprint density at radius 3 is 2.71 bits per heavy atom. The van der Waals surface area contributed by atoms with Crippen LogP contribution < -0.4 is 5.73 Å². The molecule has 0 fully saturated rings. The number of hydrogen-bond donors (Lipinski definition) is 1. The van der Waals surface area contributed by atoms with Gasteiger partial charge in [0.15, 0.2) is 0 Å². The largest absolute Gasteiger partial charge is 0.468 e. The van der Waals surface area contributed by atoms with Crippen molar-refractivity contribution in [2.24, 2.45) is 0 Å². The van der Waals surface area contributed by atoms with E-state index < -0.39 is 0 Å². The Hall–Kier alpha value is -0.810. The van der Waals surface area contributed by atoms with Crippen LogP contribution in [0.2, 0.25) is 5.02 Å². The quantitative estimate of drug-likeness (QED) is 0.667. The van der Waals surface area contributed by atoms with Crippen LogP contribution in [0.25, 0.3) is 0 Å². The normalized spacial score (nSPS) is 8.50. The first-order valence-electron chi connectivity index (χ1n) is 3.73. The number of aromatic nitrogens is 1. The molecule has 1 heterocycles. The first-order valence-corrected chi connectivity index (χ1v) is 4.90. The second-order valence-corrected chi connectivity index (χ2v) is 3.27. The van der Waals surface area contributed by atoms with Crippen LogP contribution in [0, 0.1) is 0 Å². The van der Waals surface area contributed by atoms with Crippen molar-refractivity contribution in [1.82, 2.24) is 4.98 Å². The van der Waals surface area contributed by atoms with Gasteiger partial charge in [-0.15, -0.1) is 0 Å². The molecule has 0 atom stereocenters. The minimum Gasteiger partial charge on any atom is -0.468 e. The Balaban J connectivity index is 0.000000292. The predicted octanol–water partition coefficient (Wildman–Crippen LogP) is 2.26. The highest BCUT2D eigenvalue weighted by molar-refractivity contribution is 9.10. The van der Waals surface area contributed by atoms with Gasteiger partial charge in [0.25, 0.3) is 6.47 Å². The van der Waals surface area contributed by atoms with Crippen molar-refractivity contribution in [3.8, 4) is 0 Å². The third-order valence-electron chi connectivity index (χ3n) is 1.07. The van der Waals surface area contributed by atoms with E-state index in [2.05, 4.69) is 25.7 Å². The molecule has 0 spiro atoms. The molecular formula is C8H10BrClN2O2. The molecule has 0 aliphatic heterocycles. The van der Waals surface area contributed by atoms with Gasteiger partial charge in [-0.3, -0.25) is 4.79 Å². The number of rotatable bonds is 2. The molecule has 0 saturated heterocycles. The van der Waals surface area contributed by atoms with E-state index in [4.69, 9.17) is 17.3 Å². The lowest BCUT2D eigenvalue weighted by molar-refractivity contribution is -0.128. The minimum absolute atomic E-state index is 0.431. The van der Waals surface area contributed by atoms with Crippen LogP contribution in [0.15, 0.2) is 16.9 Å². The topological polar surface area (TPSA) is 65.2 Å². The Morgan fingerprint density at radius 2 is 2.43 bits per heavy atom. The maximum Gasteiger partial charge on any atom is 0.293 e. The molecule has 1 aromatic heterocycles. The molecule has 0 amide bonds. The van der Waals surface area contributed by atoms with Gasteiger partial charge in [-0.05, 0) is 28.9 Å². The van der Waals surface area contributed by atoms with Crippen molar-refractivity contribution < 1.29 is 9.53 Å². The fourth-order valence-corrected chi connectivity index (χ4v) is 0.889. The van der Waals surface area contributed by atoms with Crippen LogP contribution in [0.5, 0.6) is 0 Å². The molecule has 0 aromatic carbocycles. The number of pyridine rings is 1. The minimum atomic E-state index is 0.431. The molecule has 4 nitrogen and oxygen atoms in total. The fourth-order valence-electron chi connectivity index (χ4n) is 0.506. The molecule has 1 rings (SSSR count). The van der Waals surface area contributed by atoms with E-state index >= 15 is 0 Å². The predicted molar refractivity (Wildman–Crippen MR) is 59.0 cm³/mol. The van der Waals surface area contributed by atoms with Crippen molar-refractivity contribution in [2.75, 3.05) is 12.3 Å². The van der Waals surface area contributed by atoms with E-state index in [1.54, 1.807) is 13.0 Å². The van der Waals surface area contributed by atoms with Gasteiger partial charge >= 0.3 is 0 Å². The first kappa shape index (κ1) is 13.2. The number of hydrogen-bond acceptors (Lipinski definition) is 4. The van der Waals surface area contributed by atoms with E-state index in [1.807, 2.05) is 0 Å². The Labute approximate surface area is 95.5 Å². The zero-order chi connectivity index (χ0) is 11.0. The van der Waals surface area contributed by atoms with Crippen molar-refractivity contribution in [3.05, 3.63) is 21.9 Å². The number of anilines is 1. The first-order chi connectivity index (χ1) is 6.61. The van der Waals surface area contributed by atoms with Gasteiger partial charge < -0.3 is 10.5 Å². The monoisotopic (exact) mass is 280 g/mol.